The van der Waals surface area contributed by atoms with Crippen molar-refractivity contribution in [3.05, 3.63) is 41.9 Å². The third-order valence-corrected chi connectivity index (χ3v) is 7.47. The van der Waals surface area contributed by atoms with Crippen molar-refractivity contribution in [3.63, 3.8) is 0 Å². The van der Waals surface area contributed by atoms with Gasteiger partial charge in [-0.15, -0.1) is 0 Å². The van der Waals surface area contributed by atoms with Gasteiger partial charge >= 0.3 is 12.2 Å². The number of hydrogen-bond acceptors (Lipinski definition) is 5. The summed E-state index contributed by atoms with van der Waals surface area (Å²) < 4.78 is 40.7. The van der Waals surface area contributed by atoms with Crippen LogP contribution in [0.25, 0.3) is 0 Å². The first-order valence-electron chi connectivity index (χ1n) is 12.6. The number of urea groups is 1. The summed E-state index contributed by atoms with van der Waals surface area (Å²) in [7, 11) is 1.64. The number of amides is 4. The lowest BCUT2D eigenvalue weighted by atomic mass is 9.79. The monoisotopic (exact) mass is 535 g/mol. The fraction of sp³-hybridized carbons (Fsp3) is 0.560. The van der Waals surface area contributed by atoms with Gasteiger partial charge in [0.05, 0.1) is 12.6 Å². The minimum atomic E-state index is -4.55. The summed E-state index contributed by atoms with van der Waals surface area (Å²) in [5.74, 6) is -0.206. The Morgan fingerprint density at radius 2 is 1.87 bits per heavy atom. The van der Waals surface area contributed by atoms with E-state index in [0.717, 1.165) is 30.6 Å². The molecule has 1 saturated heterocycles. The minimum Gasteiger partial charge on any atom is -0.339 e. The van der Waals surface area contributed by atoms with Crippen LogP contribution >= 0.6 is 0 Å². The lowest BCUT2D eigenvalue weighted by molar-refractivity contribution is -0.150. The molecule has 0 bridgehead atoms. The molecular weight excluding hydrogens is 503 g/mol. The molecule has 2 aromatic heterocycles. The molecule has 0 radical (unpaired) electrons. The Morgan fingerprint density at radius 1 is 1.16 bits per heavy atom. The van der Waals surface area contributed by atoms with Crippen LogP contribution in [-0.2, 0) is 11.8 Å². The average molecular weight is 536 g/mol. The quantitative estimate of drug-likeness (QED) is 0.502. The number of pyridine rings is 1. The molecule has 3 atom stereocenters. The second-order valence-electron chi connectivity index (χ2n) is 10.1. The van der Waals surface area contributed by atoms with Crippen LogP contribution in [0.5, 0.6) is 0 Å². The number of nitrogens with zero attached hydrogens (tertiary/aromatic N) is 4. The number of alkyl halides is 3. The summed E-state index contributed by atoms with van der Waals surface area (Å²) in [6, 6.07) is 0.411. The van der Waals surface area contributed by atoms with Crippen LogP contribution in [0.4, 0.5) is 23.8 Å². The largest absolute Gasteiger partial charge is 0.410 e. The molecule has 2 aliphatic rings. The van der Waals surface area contributed by atoms with E-state index >= 15 is 0 Å². The highest BCUT2D eigenvalue weighted by atomic mass is 19.4. The van der Waals surface area contributed by atoms with E-state index in [1.54, 1.807) is 26.1 Å². The summed E-state index contributed by atoms with van der Waals surface area (Å²) in [5, 5.41) is 11.6. The summed E-state index contributed by atoms with van der Waals surface area (Å²) in [6.45, 7) is 3.25. The van der Waals surface area contributed by atoms with Crippen molar-refractivity contribution in [2.75, 3.05) is 11.9 Å². The van der Waals surface area contributed by atoms with Crippen LogP contribution in [0.2, 0.25) is 0 Å². The normalized spacial score (nSPS) is 23.5. The van der Waals surface area contributed by atoms with Crippen molar-refractivity contribution < 1.29 is 27.6 Å². The lowest BCUT2D eigenvalue weighted by Crippen LogP contribution is -2.49. The zero-order valence-electron chi connectivity index (χ0n) is 21.5. The van der Waals surface area contributed by atoms with Gasteiger partial charge in [-0.05, 0) is 55.4 Å². The average Bonchev–Trinajstić information content (AvgIpc) is 3.48. The Hall–Kier alpha value is -3.64. The van der Waals surface area contributed by atoms with E-state index in [1.165, 1.54) is 23.1 Å². The summed E-state index contributed by atoms with van der Waals surface area (Å²) in [5.41, 5.74) is 0.831. The maximum atomic E-state index is 13.4. The van der Waals surface area contributed by atoms with Crippen molar-refractivity contribution in [2.24, 2.45) is 18.9 Å². The molecule has 1 aliphatic heterocycles. The molecule has 0 spiro atoms. The molecular formula is C25H32F3N7O3. The van der Waals surface area contributed by atoms with Crippen LogP contribution in [0.15, 0.2) is 30.6 Å². The first-order valence-corrected chi connectivity index (χ1v) is 12.6. The van der Waals surface area contributed by atoms with E-state index in [9.17, 15) is 27.6 Å². The van der Waals surface area contributed by atoms with E-state index < -0.39 is 48.7 Å². The first-order chi connectivity index (χ1) is 17.9. The number of halogens is 3. The van der Waals surface area contributed by atoms with Crippen LogP contribution < -0.4 is 16.0 Å². The van der Waals surface area contributed by atoms with Crippen molar-refractivity contribution in [1.29, 1.82) is 0 Å². The predicted octanol–water partition coefficient (Wildman–Crippen LogP) is 3.40. The molecule has 0 unspecified atom stereocenters. The van der Waals surface area contributed by atoms with Gasteiger partial charge < -0.3 is 20.9 Å². The summed E-state index contributed by atoms with van der Waals surface area (Å²) >= 11 is 0. The van der Waals surface area contributed by atoms with Gasteiger partial charge in [-0.25, -0.2) is 9.78 Å². The lowest BCUT2D eigenvalue weighted by Gasteiger charge is -2.32. The third kappa shape index (κ3) is 6.08. The van der Waals surface area contributed by atoms with Crippen molar-refractivity contribution in [3.8, 4) is 0 Å². The molecule has 4 rings (SSSR count). The molecule has 206 valence electrons. The summed E-state index contributed by atoms with van der Waals surface area (Å²) in [6.07, 6.45) is 1.81. The molecule has 2 aromatic rings. The Morgan fingerprint density at radius 3 is 2.47 bits per heavy atom. The predicted molar refractivity (Wildman–Crippen MR) is 132 cm³/mol. The zero-order chi connectivity index (χ0) is 27.6. The fourth-order valence-corrected chi connectivity index (χ4v) is 5.06. The Balaban J connectivity index is 1.49. The van der Waals surface area contributed by atoms with E-state index in [1.807, 2.05) is 5.32 Å². The smallest absolute Gasteiger partial charge is 0.339 e. The number of aryl methyl sites for hydroxylation is 1. The SMILES string of the molecule is CC1CCC([C@H](NC(=O)c2ccnn2C)C(=O)Nc2cc([C@@H](C)N3C[C@@H](C(F)(F)F)NC3=O)ccn2)CC1. The molecule has 1 aliphatic carbocycles. The van der Waals surface area contributed by atoms with Crippen LogP contribution in [0, 0.1) is 11.8 Å². The molecule has 4 amide bonds. The highest BCUT2D eigenvalue weighted by molar-refractivity contribution is 6.00. The molecule has 3 heterocycles. The van der Waals surface area contributed by atoms with E-state index in [2.05, 4.69) is 27.6 Å². The Bertz CT molecular complexity index is 1180. The number of carbonyl (C=O) groups excluding carboxylic acids is 3. The summed E-state index contributed by atoms with van der Waals surface area (Å²) in [4.78, 5) is 43.9. The van der Waals surface area contributed by atoms with Crippen molar-refractivity contribution in [1.82, 2.24) is 30.3 Å². The standard InChI is InChI=1S/C25H32F3N7O3/c1-14-4-6-16(7-5-14)21(33-22(36)18-9-11-30-34(18)3)23(37)32-20-12-17(8-10-29-20)15(2)35-13-19(25(26,27)28)31-24(35)38/h8-12,14-16,19,21H,4-7,13H2,1-3H3,(H,31,38)(H,33,36)(H,29,32,37)/t14?,15-,16?,19+,21+/m1/s1. The van der Waals surface area contributed by atoms with E-state index in [4.69, 9.17) is 0 Å². The highest BCUT2D eigenvalue weighted by Gasteiger charge is 2.48. The van der Waals surface area contributed by atoms with Crippen molar-refractivity contribution >= 4 is 23.7 Å². The minimum absolute atomic E-state index is 0.0712. The number of aromatic nitrogens is 3. The number of carbonyl (C=O) groups is 3. The van der Waals surface area contributed by atoms with Crippen molar-refractivity contribution in [2.45, 2.75) is 63.8 Å². The molecule has 3 N–H and O–H groups in total. The van der Waals surface area contributed by atoms with E-state index in [0.29, 0.717) is 17.2 Å². The van der Waals surface area contributed by atoms with Crippen LogP contribution in [-0.4, -0.2) is 62.3 Å². The number of nitrogens with one attached hydrogen (secondary N) is 3. The Kier molecular flexibility index (Phi) is 7.93. The Labute approximate surface area is 218 Å². The molecule has 38 heavy (non-hydrogen) atoms. The number of rotatable bonds is 7. The third-order valence-electron chi connectivity index (χ3n) is 7.47. The van der Waals surface area contributed by atoms with Crippen LogP contribution in [0.1, 0.15) is 61.6 Å². The zero-order valence-corrected chi connectivity index (χ0v) is 21.5. The fourth-order valence-electron chi connectivity index (χ4n) is 5.06. The van der Waals surface area contributed by atoms with Gasteiger partial charge in [0.25, 0.3) is 5.91 Å². The van der Waals surface area contributed by atoms with Gasteiger partial charge in [0, 0.05) is 19.4 Å². The van der Waals surface area contributed by atoms with Crippen LogP contribution in [0.3, 0.4) is 0 Å². The highest BCUT2D eigenvalue weighted by Crippen LogP contribution is 2.32. The molecule has 2 fully saturated rings. The van der Waals surface area contributed by atoms with E-state index in [-0.39, 0.29) is 11.7 Å². The molecule has 0 aromatic carbocycles. The van der Waals surface area contributed by atoms with Gasteiger partial charge in [0.15, 0.2) is 0 Å². The molecule has 10 nitrogen and oxygen atoms in total. The number of hydrogen-bond donors (Lipinski definition) is 3. The topological polar surface area (TPSA) is 121 Å². The molecule has 13 heteroatoms. The van der Waals surface area contributed by atoms with Gasteiger partial charge in [-0.2, -0.15) is 18.3 Å². The van der Waals surface area contributed by atoms with Gasteiger partial charge in [0.1, 0.15) is 23.6 Å². The maximum Gasteiger partial charge on any atom is 0.410 e. The van der Waals surface area contributed by atoms with Gasteiger partial charge in [-0.3, -0.25) is 14.3 Å². The van der Waals surface area contributed by atoms with Gasteiger partial charge in [-0.1, -0.05) is 19.8 Å². The van der Waals surface area contributed by atoms with Gasteiger partial charge in [0.2, 0.25) is 5.91 Å². The maximum absolute atomic E-state index is 13.4. The second-order valence-corrected chi connectivity index (χ2v) is 10.1. The molecule has 1 saturated carbocycles. The number of anilines is 1. The first kappa shape index (κ1) is 27.4. The second kappa shape index (κ2) is 11.0.